The van der Waals surface area contributed by atoms with Crippen molar-refractivity contribution >= 4 is 11.3 Å². The van der Waals surface area contributed by atoms with Gasteiger partial charge in [0.1, 0.15) is 11.6 Å². The lowest BCUT2D eigenvalue weighted by molar-refractivity contribution is 0.297. The van der Waals surface area contributed by atoms with Gasteiger partial charge in [-0.05, 0) is 49.5 Å². The van der Waals surface area contributed by atoms with Crippen LogP contribution in [0.15, 0.2) is 30.9 Å². The fraction of sp³-hybridized carbons (Fsp3) is 0.333. The Hall–Kier alpha value is -1.57. The van der Waals surface area contributed by atoms with Crippen molar-refractivity contribution in [3.63, 3.8) is 0 Å². The largest absolute Gasteiger partial charge is 0.494 e. The highest BCUT2D eigenvalue weighted by molar-refractivity contribution is 5.71. The minimum absolute atomic E-state index is 0.272. The van der Waals surface area contributed by atoms with Crippen LogP contribution in [0.4, 0.5) is 4.39 Å². The lowest BCUT2D eigenvalue weighted by Gasteiger charge is -2.10. The molecule has 90 valence electrons. The monoisotopic (exact) mass is 232 g/mol. The first-order valence-electron chi connectivity index (χ1n) is 6.03. The summed E-state index contributed by atoms with van der Waals surface area (Å²) in [5, 5.41) is 0. The quantitative estimate of drug-likeness (QED) is 0.699. The standard InChI is InChI=1S/C15H17FO/c1-3-17-11(2)14-10-13(8-9-15(14)16)12-6-4-5-7-12/h6,8-10H,2-5,7H2,1H3. The molecular weight excluding hydrogens is 215 g/mol. The van der Waals surface area contributed by atoms with Crippen molar-refractivity contribution in [2.24, 2.45) is 0 Å². The molecule has 0 heterocycles. The maximum atomic E-state index is 13.7. The number of hydrogen-bond donors (Lipinski definition) is 0. The lowest BCUT2D eigenvalue weighted by Crippen LogP contribution is -1.95. The Kier molecular flexibility index (Phi) is 3.62. The van der Waals surface area contributed by atoms with Gasteiger partial charge in [0.05, 0.1) is 12.2 Å². The Labute approximate surface area is 102 Å². The molecule has 1 aliphatic rings. The second-order valence-electron chi connectivity index (χ2n) is 4.17. The third-order valence-corrected chi connectivity index (χ3v) is 3.00. The third kappa shape index (κ3) is 2.57. The first-order valence-corrected chi connectivity index (χ1v) is 6.03. The molecule has 0 N–H and O–H groups in total. The highest BCUT2D eigenvalue weighted by Crippen LogP contribution is 2.30. The molecule has 0 aromatic heterocycles. The van der Waals surface area contributed by atoms with Gasteiger partial charge in [0, 0.05) is 0 Å². The molecule has 0 fully saturated rings. The fourth-order valence-electron chi connectivity index (χ4n) is 2.12. The van der Waals surface area contributed by atoms with Gasteiger partial charge >= 0.3 is 0 Å². The molecule has 0 atom stereocenters. The predicted molar refractivity (Wildman–Crippen MR) is 68.9 cm³/mol. The second-order valence-corrected chi connectivity index (χ2v) is 4.17. The van der Waals surface area contributed by atoms with Crippen LogP contribution >= 0.6 is 0 Å². The Morgan fingerprint density at radius 1 is 1.47 bits per heavy atom. The topological polar surface area (TPSA) is 9.23 Å². The Morgan fingerprint density at radius 3 is 2.94 bits per heavy atom. The van der Waals surface area contributed by atoms with E-state index < -0.39 is 0 Å². The van der Waals surface area contributed by atoms with Crippen molar-refractivity contribution in [3.05, 3.63) is 47.8 Å². The van der Waals surface area contributed by atoms with Gasteiger partial charge in [-0.1, -0.05) is 18.7 Å². The highest BCUT2D eigenvalue weighted by Gasteiger charge is 2.12. The normalized spacial score (nSPS) is 14.6. The molecule has 0 aliphatic heterocycles. The van der Waals surface area contributed by atoms with Crippen molar-refractivity contribution < 1.29 is 9.13 Å². The van der Waals surface area contributed by atoms with Gasteiger partial charge in [-0.15, -0.1) is 0 Å². The van der Waals surface area contributed by atoms with Crippen LogP contribution in [-0.2, 0) is 4.74 Å². The van der Waals surface area contributed by atoms with E-state index in [1.165, 1.54) is 18.1 Å². The molecule has 1 aliphatic carbocycles. The summed E-state index contributed by atoms with van der Waals surface area (Å²) in [6.45, 7) is 6.13. The van der Waals surface area contributed by atoms with E-state index >= 15 is 0 Å². The van der Waals surface area contributed by atoms with Gasteiger partial charge in [0.25, 0.3) is 0 Å². The van der Waals surface area contributed by atoms with Crippen LogP contribution in [0.1, 0.15) is 37.3 Å². The molecule has 0 radical (unpaired) electrons. The van der Waals surface area contributed by atoms with E-state index in [1.54, 1.807) is 0 Å². The molecule has 0 unspecified atom stereocenters. The highest BCUT2D eigenvalue weighted by atomic mass is 19.1. The first-order chi connectivity index (χ1) is 8.22. The average molecular weight is 232 g/mol. The molecule has 0 bridgehead atoms. The smallest absolute Gasteiger partial charge is 0.134 e. The van der Waals surface area contributed by atoms with Crippen molar-refractivity contribution in [3.8, 4) is 0 Å². The SMILES string of the molecule is C=C(OCC)c1cc(C2=CCCC2)ccc1F. The summed E-state index contributed by atoms with van der Waals surface area (Å²) in [4.78, 5) is 0. The molecule has 1 aromatic carbocycles. The van der Waals surface area contributed by atoms with E-state index in [9.17, 15) is 4.39 Å². The molecule has 0 amide bonds. The minimum Gasteiger partial charge on any atom is -0.494 e. The van der Waals surface area contributed by atoms with Crippen LogP contribution in [0.2, 0.25) is 0 Å². The van der Waals surface area contributed by atoms with Gasteiger partial charge in [0.2, 0.25) is 0 Å². The summed E-state index contributed by atoms with van der Waals surface area (Å²) in [6, 6.07) is 5.16. The zero-order valence-electron chi connectivity index (χ0n) is 10.1. The van der Waals surface area contributed by atoms with E-state index in [1.807, 2.05) is 19.1 Å². The summed E-state index contributed by atoms with van der Waals surface area (Å²) in [6.07, 6.45) is 5.61. The number of ether oxygens (including phenoxy) is 1. The fourth-order valence-corrected chi connectivity index (χ4v) is 2.12. The van der Waals surface area contributed by atoms with E-state index in [2.05, 4.69) is 12.7 Å². The molecule has 0 saturated carbocycles. The van der Waals surface area contributed by atoms with Crippen LogP contribution in [0.3, 0.4) is 0 Å². The van der Waals surface area contributed by atoms with Crippen LogP contribution in [-0.4, -0.2) is 6.61 Å². The van der Waals surface area contributed by atoms with Gasteiger partial charge in [0.15, 0.2) is 0 Å². The zero-order valence-corrected chi connectivity index (χ0v) is 10.1. The van der Waals surface area contributed by atoms with Crippen LogP contribution in [0.5, 0.6) is 0 Å². The number of rotatable bonds is 4. The molecular formula is C15H17FO. The van der Waals surface area contributed by atoms with Crippen molar-refractivity contribution in [1.82, 2.24) is 0 Å². The summed E-state index contributed by atoms with van der Waals surface area (Å²) in [5.74, 6) is 0.135. The van der Waals surface area contributed by atoms with Crippen molar-refractivity contribution in [1.29, 1.82) is 0 Å². The number of benzene rings is 1. The average Bonchev–Trinajstić information content (AvgIpc) is 2.83. The second kappa shape index (κ2) is 5.17. The molecule has 1 aromatic rings. The lowest BCUT2D eigenvalue weighted by atomic mass is 10.0. The van der Waals surface area contributed by atoms with Crippen LogP contribution in [0.25, 0.3) is 11.3 Å². The maximum Gasteiger partial charge on any atom is 0.134 e. The zero-order chi connectivity index (χ0) is 12.3. The van der Waals surface area contributed by atoms with Gasteiger partial charge in [-0.25, -0.2) is 4.39 Å². The molecule has 2 heteroatoms. The number of allylic oxidation sites excluding steroid dienone is 2. The first kappa shape index (κ1) is 11.9. The third-order valence-electron chi connectivity index (χ3n) is 3.00. The van der Waals surface area contributed by atoms with E-state index in [4.69, 9.17) is 4.74 Å². The van der Waals surface area contributed by atoms with E-state index in [0.717, 1.165) is 18.4 Å². The Morgan fingerprint density at radius 2 is 2.29 bits per heavy atom. The van der Waals surface area contributed by atoms with Gasteiger partial charge in [-0.3, -0.25) is 0 Å². The minimum atomic E-state index is -0.272. The van der Waals surface area contributed by atoms with E-state index in [-0.39, 0.29) is 5.82 Å². The summed E-state index contributed by atoms with van der Waals surface area (Å²) in [7, 11) is 0. The summed E-state index contributed by atoms with van der Waals surface area (Å²) < 4.78 is 18.9. The van der Waals surface area contributed by atoms with Gasteiger partial charge < -0.3 is 4.74 Å². The maximum absolute atomic E-state index is 13.7. The van der Waals surface area contributed by atoms with Crippen molar-refractivity contribution in [2.45, 2.75) is 26.2 Å². The van der Waals surface area contributed by atoms with Crippen LogP contribution in [0, 0.1) is 5.82 Å². The molecule has 17 heavy (non-hydrogen) atoms. The summed E-state index contributed by atoms with van der Waals surface area (Å²) in [5.41, 5.74) is 2.85. The number of hydrogen-bond acceptors (Lipinski definition) is 1. The Bertz CT molecular complexity index is 460. The number of halogens is 1. The van der Waals surface area contributed by atoms with Crippen molar-refractivity contribution in [2.75, 3.05) is 6.61 Å². The van der Waals surface area contributed by atoms with Gasteiger partial charge in [-0.2, -0.15) is 0 Å². The van der Waals surface area contributed by atoms with E-state index in [0.29, 0.717) is 17.9 Å². The summed E-state index contributed by atoms with van der Waals surface area (Å²) >= 11 is 0. The van der Waals surface area contributed by atoms with Crippen LogP contribution < -0.4 is 0 Å². The molecule has 0 saturated heterocycles. The molecule has 0 spiro atoms. The molecule has 2 rings (SSSR count). The molecule has 1 nitrogen and oxygen atoms in total. The predicted octanol–water partition coefficient (Wildman–Crippen LogP) is 4.40. The Balaban J connectivity index is 2.32.